The molecule has 4 heteroatoms. The van der Waals surface area contributed by atoms with Gasteiger partial charge in [-0.1, -0.05) is 30.3 Å². The molecule has 1 aromatic heterocycles. The third-order valence-corrected chi connectivity index (χ3v) is 5.56. The zero-order valence-electron chi connectivity index (χ0n) is 14.6. The molecule has 1 amide bonds. The molecule has 130 valence electrons. The fourth-order valence-electron chi connectivity index (χ4n) is 4.40. The number of carbonyl (C=O) groups excluding carboxylic acids is 1. The highest BCUT2D eigenvalue weighted by Gasteiger charge is 2.39. The third kappa shape index (κ3) is 3.45. The highest BCUT2D eigenvalue weighted by molar-refractivity contribution is 5.94. The zero-order chi connectivity index (χ0) is 17.1. The van der Waals surface area contributed by atoms with Gasteiger partial charge in [0.05, 0.1) is 5.56 Å². The topological polar surface area (TPSA) is 36.4 Å². The van der Waals surface area contributed by atoms with Crippen LogP contribution in [0.25, 0.3) is 0 Å². The van der Waals surface area contributed by atoms with Crippen molar-refractivity contribution in [2.75, 3.05) is 13.1 Å². The number of pyridine rings is 1. The SMILES string of the molecule is O=C(c1cccnc1)N1CCC[C@@H]1[C@H]1CCCN1Cc1ccccc1. The summed E-state index contributed by atoms with van der Waals surface area (Å²) in [4.78, 5) is 21.7. The number of likely N-dealkylation sites (tertiary alicyclic amines) is 2. The number of carbonyl (C=O) groups is 1. The van der Waals surface area contributed by atoms with E-state index in [2.05, 4.69) is 45.1 Å². The van der Waals surface area contributed by atoms with Crippen molar-refractivity contribution in [1.29, 1.82) is 0 Å². The van der Waals surface area contributed by atoms with Crippen LogP contribution < -0.4 is 0 Å². The molecule has 2 aliphatic rings. The Morgan fingerprint density at radius 2 is 1.80 bits per heavy atom. The molecule has 4 nitrogen and oxygen atoms in total. The number of rotatable bonds is 4. The van der Waals surface area contributed by atoms with E-state index in [0.717, 1.165) is 32.5 Å². The first kappa shape index (κ1) is 16.3. The molecular formula is C21H25N3O. The predicted octanol–water partition coefficient (Wildman–Crippen LogP) is 3.35. The second-order valence-electron chi connectivity index (χ2n) is 7.12. The van der Waals surface area contributed by atoms with Gasteiger partial charge in [0.2, 0.25) is 0 Å². The van der Waals surface area contributed by atoms with E-state index in [9.17, 15) is 4.79 Å². The van der Waals surface area contributed by atoms with Gasteiger partial charge in [-0.2, -0.15) is 0 Å². The van der Waals surface area contributed by atoms with Crippen LogP contribution in [0.1, 0.15) is 41.6 Å². The second-order valence-corrected chi connectivity index (χ2v) is 7.12. The number of amides is 1. The van der Waals surface area contributed by atoms with Gasteiger partial charge in [-0.05, 0) is 49.9 Å². The first-order valence-electron chi connectivity index (χ1n) is 9.32. The van der Waals surface area contributed by atoms with Crippen LogP contribution in [-0.2, 0) is 6.54 Å². The molecule has 0 bridgehead atoms. The van der Waals surface area contributed by atoms with E-state index in [-0.39, 0.29) is 5.91 Å². The van der Waals surface area contributed by atoms with E-state index in [1.165, 1.54) is 18.4 Å². The van der Waals surface area contributed by atoms with Gasteiger partial charge in [0.25, 0.3) is 5.91 Å². The normalized spacial score (nSPS) is 23.9. The molecule has 0 N–H and O–H groups in total. The summed E-state index contributed by atoms with van der Waals surface area (Å²) in [5.41, 5.74) is 2.07. The third-order valence-electron chi connectivity index (χ3n) is 5.56. The van der Waals surface area contributed by atoms with E-state index in [1.807, 2.05) is 12.1 Å². The number of nitrogens with zero attached hydrogens (tertiary/aromatic N) is 3. The van der Waals surface area contributed by atoms with Crippen molar-refractivity contribution in [3.63, 3.8) is 0 Å². The molecule has 0 radical (unpaired) electrons. The minimum atomic E-state index is 0.141. The summed E-state index contributed by atoms with van der Waals surface area (Å²) in [5.74, 6) is 0.141. The molecule has 4 rings (SSSR count). The van der Waals surface area contributed by atoms with Crippen molar-refractivity contribution in [1.82, 2.24) is 14.8 Å². The van der Waals surface area contributed by atoms with E-state index in [1.54, 1.807) is 12.4 Å². The van der Waals surface area contributed by atoms with Gasteiger partial charge in [0, 0.05) is 37.6 Å². The Morgan fingerprint density at radius 3 is 2.60 bits per heavy atom. The molecule has 2 atom stereocenters. The Morgan fingerprint density at radius 1 is 1.00 bits per heavy atom. The fourth-order valence-corrected chi connectivity index (χ4v) is 4.40. The molecule has 2 aliphatic heterocycles. The number of hydrogen-bond acceptors (Lipinski definition) is 3. The summed E-state index contributed by atoms with van der Waals surface area (Å²) in [5, 5.41) is 0. The van der Waals surface area contributed by atoms with Crippen molar-refractivity contribution in [2.24, 2.45) is 0 Å². The van der Waals surface area contributed by atoms with Crippen molar-refractivity contribution in [2.45, 2.75) is 44.3 Å². The van der Waals surface area contributed by atoms with E-state index >= 15 is 0 Å². The lowest BCUT2D eigenvalue weighted by molar-refractivity contribution is 0.0639. The zero-order valence-corrected chi connectivity index (χ0v) is 14.6. The van der Waals surface area contributed by atoms with E-state index < -0.39 is 0 Å². The lowest BCUT2D eigenvalue weighted by Crippen LogP contribution is -2.48. The monoisotopic (exact) mass is 335 g/mol. The molecule has 0 aliphatic carbocycles. The molecular weight excluding hydrogens is 310 g/mol. The average Bonchev–Trinajstić information content (AvgIpc) is 3.31. The van der Waals surface area contributed by atoms with Crippen molar-refractivity contribution in [3.8, 4) is 0 Å². The number of benzene rings is 1. The Kier molecular flexibility index (Phi) is 4.79. The summed E-state index contributed by atoms with van der Waals surface area (Å²) in [6.45, 7) is 2.98. The van der Waals surface area contributed by atoms with Crippen molar-refractivity contribution in [3.05, 3.63) is 66.0 Å². The molecule has 2 fully saturated rings. The van der Waals surface area contributed by atoms with Crippen molar-refractivity contribution >= 4 is 5.91 Å². The first-order valence-corrected chi connectivity index (χ1v) is 9.32. The van der Waals surface area contributed by atoms with Crippen molar-refractivity contribution < 1.29 is 4.79 Å². The number of aromatic nitrogens is 1. The lowest BCUT2D eigenvalue weighted by atomic mass is 10.0. The van der Waals surface area contributed by atoms with E-state index in [4.69, 9.17) is 0 Å². The van der Waals surface area contributed by atoms with Gasteiger partial charge >= 0.3 is 0 Å². The molecule has 0 spiro atoms. The second kappa shape index (κ2) is 7.36. The summed E-state index contributed by atoms with van der Waals surface area (Å²) in [6.07, 6.45) is 8.04. The van der Waals surface area contributed by atoms with Gasteiger partial charge in [-0.3, -0.25) is 14.7 Å². The Labute approximate surface area is 149 Å². The minimum Gasteiger partial charge on any atom is -0.334 e. The molecule has 1 aromatic carbocycles. The Balaban J connectivity index is 1.50. The van der Waals surface area contributed by atoms with Crippen LogP contribution in [0.2, 0.25) is 0 Å². The summed E-state index contributed by atoms with van der Waals surface area (Å²) >= 11 is 0. The quantitative estimate of drug-likeness (QED) is 0.860. The average molecular weight is 335 g/mol. The maximum absolute atomic E-state index is 12.9. The summed E-state index contributed by atoms with van der Waals surface area (Å²) in [7, 11) is 0. The highest BCUT2D eigenvalue weighted by atomic mass is 16.2. The van der Waals surface area contributed by atoms with Crippen LogP contribution in [0.5, 0.6) is 0 Å². The van der Waals surface area contributed by atoms with Gasteiger partial charge in [0.1, 0.15) is 0 Å². The molecule has 3 heterocycles. The van der Waals surface area contributed by atoms with Gasteiger partial charge < -0.3 is 4.90 Å². The van der Waals surface area contributed by atoms with Crippen LogP contribution in [0.3, 0.4) is 0 Å². The molecule has 2 saturated heterocycles. The largest absolute Gasteiger partial charge is 0.334 e. The highest BCUT2D eigenvalue weighted by Crippen LogP contribution is 2.31. The standard InChI is InChI=1S/C21H25N3O/c25-21(18-9-4-12-22-15-18)24-14-6-11-20(24)19-10-5-13-23(19)16-17-7-2-1-3-8-17/h1-4,7-9,12,15,19-20H,5-6,10-11,13-14,16H2/t19-,20-/m1/s1. The maximum atomic E-state index is 12.9. The molecule has 0 unspecified atom stereocenters. The Hall–Kier alpha value is -2.20. The summed E-state index contributed by atoms with van der Waals surface area (Å²) < 4.78 is 0. The minimum absolute atomic E-state index is 0.141. The number of hydrogen-bond donors (Lipinski definition) is 0. The van der Waals surface area contributed by atoms with Gasteiger partial charge in [0.15, 0.2) is 0 Å². The van der Waals surface area contributed by atoms with Gasteiger partial charge in [-0.15, -0.1) is 0 Å². The smallest absolute Gasteiger partial charge is 0.255 e. The van der Waals surface area contributed by atoms with Crippen LogP contribution in [0.4, 0.5) is 0 Å². The van der Waals surface area contributed by atoms with Crippen LogP contribution >= 0.6 is 0 Å². The molecule has 2 aromatic rings. The molecule has 25 heavy (non-hydrogen) atoms. The molecule has 0 saturated carbocycles. The van der Waals surface area contributed by atoms with Crippen LogP contribution in [0.15, 0.2) is 54.9 Å². The lowest BCUT2D eigenvalue weighted by Gasteiger charge is -2.35. The maximum Gasteiger partial charge on any atom is 0.255 e. The first-order chi connectivity index (χ1) is 12.3. The van der Waals surface area contributed by atoms with Gasteiger partial charge in [-0.25, -0.2) is 0 Å². The predicted molar refractivity (Wildman–Crippen MR) is 98.2 cm³/mol. The van der Waals surface area contributed by atoms with E-state index in [0.29, 0.717) is 17.6 Å². The van der Waals surface area contributed by atoms with Crippen LogP contribution in [-0.4, -0.2) is 45.9 Å². The Bertz CT molecular complexity index is 704. The van der Waals surface area contributed by atoms with Crippen LogP contribution in [0, 0.1) is 0 Å². The fraction of sp³-hybridized carbons (Fsp3) is 0.429. The summed E-state index contributed by atoms with van der Waals surface area (Å²) in [6, 6.07) is 15.2.